The summed E-state index contributed by atoms with van der Waals surface area (Å²) in [6, 6.07) is 7.05. The Morgan fingerprint density at radius 2 is 2.17 bits per heavy atom. The van der Waals surface area contributed by atoms with Crippen LogP contribution in [0.25, 0.3) is 0 Å². The summed E-state index contributed by atoms with van der Waals surface area (Å²) in [6.45, 7) is 5.32. The second-order valence-corrected chi connectivity index (χ2v) is 5.89. The zero-order chi connectivity index (χ0) is 13.0. The fourth-order valence-corrected chi connectivity index (χ4v) is 3.36. The Balaban J connectivity index is 2.31. The molecule has 1 aliphatic carbocycles. The van der Waals surface area contributed by atoms with Crippen molar-refractivity contribution in [3.05, 3.63) is 45.4 Å². The molecule has 0 spiro atoms. The Morgan fingerprint density at radius 1 is 1.33 bits per heavy atom. The van der Waals surface area contributed by atoms with E-state index in [0.29, 0.717) is 6.04 Å². The zero-order valence-electron chi connectivity index (χ0n) is 11.3. The van der Waals surface area contributed by atoms with E-state index in [9.17, 15) is 0 Å². The highest BCUT2D eigenvalue weighted by Crippen LogP contribution is 2.33. The van der Waals surface area contributed by atoms with Crippen LogP contribution in [0.1, 0.15) is 49.8 Å². The van der Waals surface area contributed by atoms with Crippen LogP contribution >= 0.6 is 15.9 Å². The molecule has 0 radical (unpaired) electrons. The van der Waals surface area contributed by atoms with Crippen molar-refractivity contribution < 1.29 is 0 Å². The van der Waals surface area contributed by atoms with Crippen LogP contribution in [0.2, 0.25) is 0 Å². The number of nitrogens with one attached hydrogen (secondary N) is 1. The van der Waals surface area contributed by atoms with Crippen molar-refractivity contribution in [1.29, 1.82) is 0 Å². The van der Waals surface area contributed by atoms with E-state index < -0.39 is 0 Å². The first-order valence-corrected chi connectivity index (χ1v) is 7.70. The van der Waals surface area contributed by atoms with Gasteiger partial charge in [0.15, 0.2) is 0 Å². The van der Waals surface area contributed by atoms with Crippen molar-refractivity contribution in [3.63, 3.8) is 0 Å². The minimum atomic E-state index is 0.380. The first kappa shape index (κ1) is 13.8. The maximum atomic E-state index is 3.72. The predicted molar refractivity (Wildman–Crippen MR) is 81.8 cm³/mol. The fraction of sp³-hybridized carbons (Fsp3) is 0.500. The second-order valence-electron chi connectivity index (χ2n) is 5.04. The molecule has 1 aliphatic rings. The summed E-state index contributed by atoms with van der Waals surface area (Å²) in [7, 11) is 0. The summed E-state index contributed by atoms with van der Waals surface area (Å²) < 4.78 is 1.22. The normalized spacial score (nSPS) is 17.4. The molecule has 2 heteroatoms. The van der Waals surface area contributed by atoms with Gasteiger partial charge in [0, 0.05) is 4.47 Å². The second kappa shape index (κ2) is 6.53. The lowest BCUT2D eigenvalue weighted by Crippen LogP contribution is -2.24. The summed E-state index contributed by atoms with van der Waals surface area (Å²) in [5, 5.41) is 3.63. The van der Waals surface area contributed by atoms with Gasteiger partial charge in [0.1, 0.15) is 0 Å². The minimum absolute atomic E-state index is 0.380. The number of hydrogen-bond donors (Lipinski definition) is 1. The molecule has 0 aromatic heterocycles. The molecule has 2 rings (SSSR count). The van der Waals surface area contributed by atoms with Crippen molar-refractivity contribution in [2.75, 3.05) is 6.54 Å². The number of halogens is 1. The van der Waals surface area contributed by atoms with E-state index in [1.807, 2.05) is 0 Å². The molecule has 0 aliphatic heterocycles. The Kier molecular flexibility index (Phi) is 5.02. The highest BCUT2D eigenvalue weighted by Gasteiger charge is 2.19. The lowest BCUT2D eigenvalue weighted by atomic mass is 9.89. The standard InChI is InChI=1S/C16H22BrN/c1-3-18-16(13-7-5-4-6-8-13)14-10-9-12(2)11-15(14)17/h7,9-11,16,18H,3-6,8H2,1-2H3. The quantitative estimate of drug-likeness (QED) is 0.779. The van der Waals surface area contributed by atoms with E-state index in [0.717, 1.165) is 6.54 Å². The van der Waals surface area contributed by atoms with Gasteiger partial charge < -0.3 is 5.32 Å². The average Bonchev–Trinajstić information content (AvgIpc) is 2.38. The van der Waals surface area contributed by atoms with Gasteiger partial charge in [0.2, 0.25) is 0 Å². The van der Waals surface area contributed by atoms with E-state index >= 15 is 0 Å². The molecule has 1 aromatic rings. The smallest absolute Gasteiger partial charge is 0.0547 e. The van der Waals surface area contributed by atoms with Gasteiger partial charge >= 0.3 is 0 Å². The third kappa shape index (κ3) is 3.24. The summed E-state index contributed by atoms with van der Waals surface area (Å²) in [5.41, 5.74) is 4.24. The van der Waals surface area contributed by atoms with Gasteiger partial charge in [0.05, 0.1) is 6.04 Å². The first-order valence-electron chi connectivity index (χ1n) is 6.90. The molecule has 98 valence electrons. The van der Waals surface area contributed by atoms with E-state index in [-0.39, 0.29) is 0 Å². The Hall–Kier alpha value is -0.600. The van der Waals surface area contributed by atoms with Crippen LogP contribution in [0.3, 0.4) is 0 Å². The molecule has 1 nitrogen and oxygen atoms in total. The molecule has 18 heavy (non-hydrogen) atoms. The van der Waals surface area contributed by atoms with Gasteiger partial charge in [-0.15, -0.1) is 0 Å². The number of likely N-dealkylation sites (N-methyl/N-ethyl adjacent to an activating group) is 1. The molecule has 0 fully saturated rings. The van der Waals surface area contributed by atoms with E-state index in [4.69, 9.17) is 0 Å². The SMILES string of the molecule is CCNC(C1=CCCCC1)c1ccc(C)cc1Br. The maximum Gasteiger partial charge on any atom is 0.0547 e. The topological polar surface area (TPSA) is 12.0 Å². The minimum Gasteiger partial charge on any atom is -0.307 e. The predicted octanol–water partition coefficient (Wildman–Crippen LogP) is 4.91. The molecule has 1 unspecified atom stereocenters. The molecule has 1 atom stereocenters. The van der Waals surface area contributed by atoms with Gasteiger partial charge in [-0.3, -0.25) is 0 Å². The molecule has 0 heterocycles. The highest BCUT2D eigenvalue weighted by molar-refractivity contribution is 9.10. The Labute approximate surface area is 119 Å². The number of benzene rings is 1. The molecule has 0 bridgehead atoms. The Morgan fingerprint density at radius 3 is 2.78 bits per heavy atom. The van der Waals surface area contributed by atoms with Crippen molar-refractivity contribution in [3.8, 4) is 0 Å². The molecule has 0 saturated heterocycles. The highest BCUT2D eigenvalue weighted by atomic mass is 79.9. The third-order valence-electron chi connectivity index (χ3n) is 3.57. The van der Waals surface area contributed by atoms with Crippen LogP contribution in [0, 0.1) is 6.92 Å². The van der Waals surface area contributed by atoms with Crippen LogP contribution in [-0.4, -0.2) is 6.54 Å². The van der Waals surface area contributed by atoms with Gasteiger partial charge in [-0.1, -0.05) is 46.6 Å². The van der Waals surface area contributed by atoms with E-state index in [2.05, 4.69) is 59.4 Å². The average molecular weight is 308 g/mol. The van der Waals surface area contributed by atoms with E-state index in [1.54, 1.807) is 5.57 Å². The van der Waals surface area contributed by atoms with Gasteiger partial charge in [-0.25, -0.2) is 0 Å². The third-order valence-corrected chi connectivity index (χ3v) is 4.26. The lowest BCUT2D eigenvalue weighted by Gasteiger charge is -2.25. The number of aryl methyl sites for hydroxylation is 1. The van der Waals surface area contributed by atoms with Gasteiger partial charge in [-0.05, 0) is 56.3 Å². The largest absolute Gasteiger partial charge is 0.307 e. The first-order chi connectivity index (χ1) is 8.72. The van der Waals surface area contributed by atoms with Crippen LogP contribution in [0.5, 0.6) is 0 Å². The van der Waals surface area contributed by atoms with Crippen LogP contribution in [0.15, 0.2) is 34.3 Å². The summed E-state index contributed by atoms with van der Waals surface area (Å²) in [6.07, 6.45) is 7.58. The maximum absolute atomic E-state index is 3.72. The van der Waals surface area contributed by atoms with Crippen LogP contribution in [0.4, 0.5) is 0 Å². The van der Waals surface area contributed by atoms with Crippen LogP contribution < -0.4 is 5.32 Å². The molecule has 1 aromatic carbocycles. The molecule has 0 saturated carbocycles. The Bertz CT molecular complexity index is 437. The van der Waals surface area contributed by atoms with Crippen molar-refractivity contribution in [2.45, 2.75) is 45.6 Å². The number of allylic oxidation sites excluding steroid dienone is 1. The summed E-state index contributed by atoms with van der Waals surface area (Å²) in [4.78, 5) is 0. The summed E-state index contributed by atoms with van der Waals surface area (Å²) in [5.74, 6) is 0. The molecular weight excluding hydrogens is 286 g/mol. The monoisotopic (exact) mass is 307 g/mol. The fourth-order valence-electron chi connectivity index (χ4n) is 2.64. The summed E-state index contributed by atoms with van der Waals surface area (Å²) >= 11 is 3.72. The number of hydrogen-bond acceptors (Lipinski definition) is 1. The van der Waals surface area contributed by atoms with E-state index in [1.165, 1.54) is 41.3 Å². The molecular formula is C16H22BrN. The lowest BCUT2D eigenvalue weighted by molar-refractivity contribution is 0.562. The van der Waals surface area contributed by atoms with Crippen molar-refractivity contribution >= 4 is 15.9 Å². The van der Waals surface area contributed by atoms with Gasteiger partial charge in [-0.2, -0.15) is 0 Å². The number of rotatable bonds is 4. The molecule has 0 amide bonds. The van der Waals surface area contributed by atoms with Crippen LogP contribution in [-0.2, 0) is 0 Å². The zero-order valence-corrected chi connectivity index (χ0v) is 12.9. The van der Waals surface area contributed by atoms with Gasteiger partial charge in [0.25, 0.3) is 0 Å². The van der Waals surface area contributed by atoms with Crippen molar-refractivity contribution in [2.24, 2.45) is 0 Å². The van der Waals surface area contributed by atoms with Crippen molar-refractivity contribution in [1.82, 2.24) is 5.32 Å². The molecule has 1 N–H and O–H groups in total.